The van der Waals surface area contributed by atoms with Crippen LogP contribution >= 0.6 is 0 Å². The fraction of sp³-hybridized carbons (Fsp3) is 0.833. The van der Waals surface area contributed by atoms with Crippen LogP contribution in [-0.4, -0.2) is 34.3 Å². The van der Waals surface area contributed by atoms with Crippen molar-refractivity contribution in [2.45, 2.75) is 26.7 Å². The van der Waals surface area contributed by atoms with Gasteiger partial charge in [-0.1, -0.05) is 18.6 Å². The van der Waals surface area contributed by atoms with Crippen LogP contribution in [0.3, 0.4) is 0 Å². The van der Waals surface area contributed by atoms with Gasteiger partial charge in [-0.3, -0.25) is 0 Å². The van der Waals surface area contributed by atoms with Gasteiger partial charge in [0.1, 0.15) is 0 Å². The molecular formula is C12H24N2O2S. The molecule has 1 aliphatic rings. The summed E-state index contributed by atoms with van der Waals surface area (Å²) < 4.78 is 24.8. The van der Waals surface area contributed by atoms with Gasteiger partial charge in [-0.15, -0.1) is 0 Å². The molecule has 0 aromatic rings. The van der Waals surface area contributed by atoms with Crippen LogP contribution in [0.25, 0.3) is 0 Å². The summed E-state index contributed by atoms with van der Waals surface area (Å²) >= 11 is 0. The maximum atomic E-state index is 11.2. The molecule has 0 heterocycles. The molecule has 2 atom stereocenters. The molecule has 0 bridgehead atoms. The van der Waals surface area contributed by atoms with Gasteiger partial charge in [-0.2, -0.15) is 0 Å². The Morgan fingerprint density at radius 1 is 1.47 bits per heavy atom. The molecule has 100 valence electrons. The molecule has 4 nitrogen and oxygen atoms in total. The highest BCUT2D eigenvalue weighted by Gasteiger charge is 2.21. The number of nitrogens with one attached hydrogen (secondary N) is 2. The van der Waals surface area contributed by atoms with E-state index in [1.165, 1.54) is 25.5 Å². The molecule has 0 saturated heterocycles. The van der Waals surface area contributed by atoms with E-state index in [1.807, 2.05) is 0 Å². The summed E-state index contributed by atoms with van der Waals surface area (Å²) in [5.41, 5.74) is 1.44. The maximum absolute atomic E-state index is 11.2. The topological polar surface area (TPSA) is 58.2 Å². The zero-order valence-corrected chi connectivity index (χ0v) is 11.8. The Morgan fingerprint density at radius 3 is 2.76 bits per heavy atom. The highest BCUT2D eigenvalue weighted by molar-refractivity contribution is 7.89. The average Bonchev–Trinajstić information content (AvgIpc) is 2.27. The summed E-state index contributed by atoms with van der Waals surface area (Å²) in [6.45, 7) is 5.84. The Morgan fingerprint density at radius 2 is 2.18 bits per heavy atom. The van der Waals surface area contributed by atoms with Crippen LogP contribution in [0.5, 0.6) is 0 Å². The van der Waals surface area contributed by atoms with Crippen molar-refractivity contribution >= 4 is 10.0 Å². The van der Waals surface area contributed by atoms with E-state index in [-0.39, 0.29) is 5.75 Å². The van der Waals surface area contributed by atoms with Gasteiger partial charge in [0.25, 0.3) is 0 Å². The first kappa shape index (κ1) is 14.7. The van der Waals surface area contributed by atoms with Crippen molar-refractivity contribution in [3.63, 3.8) is 0 Å². The minimum atomic E-state index is -3.08. The Kier molecular flexibility index (Phi) is 5.62. The van der Waals surface area contributed by atoms with Crippen molar-refractivity contribution in [3.05, 3.63) is 11.6 Å². The minimum Gasteiger partial charge on any atom is -0.315 e. The molecule has 1 aliphatic carbocycles. The number of sulfonamides is 1. The van der Waals surface area contributed by atoms with Gasteiger partial charge < -0.3 is 5.32 Å². The smallest absolute Gasteiger partial charge is 0.212 e. The molecule has 0 aromatic heterocycles. The zero-order chi connectivity index (χ0) is 12.9. The van der Waals surface area contributed by atoms with E-state index < -0.39 is 10.0 Å². The Hall–Kier alpha value is -0.390. The third-order valence-electron chi connectivity index (χ3n) is 3.58. The van der Waals surface area contributed by atoms with E-state index in [0.717, 1.165) is 6.54 Å². The number of hydrogen-bond donors (Lipinski definition) is 2. The van der Waals surface area contributed by atoms with E-state index >= 15 is 0 Å². The largest absolute Gasteiger partial charge is 0.315 e. The van der Waals surface area contributed by atoms with Crippen molar-refractivity contribution in [3.8, 4) is 0 Å². The Labute approximate surface area is 105 Å². The molecule has 0 radical (unpaired) electrons. The van der Waals surface area contributed by atoms with Crippen LogP contribution in [-0.2, 0) is 10.0 Å². The molecule has 2 unspecified atom stereocenters. The summed E-state index contributed by atoms with van der Waals surface area (Å²) in [4.78, 5) is 0. The SMILES string of the molecule is CNS(=O)(=O)CCNCC1C(C)=CCCC1C. The lowest BCUT2D eigenvalue weighted by Gasteiger charge is -2.29. The molecule has 0 fully saturated rings. The molecule has 0 saturated carbocycles. The molecule has 1 rings (SSSR count). The first-order chi connectivity index (χ1) is 7.96. The van der Waals surface area contributed by atoms with Crippen LogP contribution in [0.15, 0.2) is 11.6 Å². The van der Waals surface area contributed by atoms with E-state index in [9.17, 15) is 8.42 Å². The van der Waals surface area contributed by atoms with Crippen molar-refractivity contribution < 1.29 is 8.42 Å². The molecule has 0 aliphatic heterocycles. The van der Waals surface area contributed by atoms with E-state index in [2.05, 4.69) is 30.0 Å². The second kappa shape index (κ2) is 6.52. The summed E-state index contributed by atoms with van der Waals surface area (Å²) in [6, 6.07) is 0. The predicted molar refractivity (Wildman–Crippen MR) is 71.4 cm³/mol. The lowest BCUT2D eigenvalue weighted by atomic mass is 9.80. The van der Waals surface area contributed by atoms with Gasteiger partial charge >= 0.3 is 0 Å². The third-order valence-corrected chi connectivity index (χ3v) is 4.95. The molecule has 0 amide bonds. The van der Waals surface area contributed by atoms with Gasteiger partial charge in [0.2, 0.25) is 10.0 Å². The van der Waals surface area contributed by atoms with Crippen LogP contribution in [0.4, 0.5) is 0 Å². The first-order valence-corrected chi connectivity index (χ1v) is 7.90. The summed E-state index contributed by atoms with van der Waals surface area (Å²) in [5.74, 6) is 1.39. The van der Waals surface area contributed by atoms with Crippen molar-refractivity contribution in [1.29, 1.82) is 0 Å². The highest BCUT2D eigenvalue weighted by Crippen LogP contribution is 2.29. The molecule has 17 heavy (non-hydrogen) atoms. The lowest BCUT2D eigenvalue weighted by molar-refractivity contribution is 0.353. The molecule has 0 aromatic carbocycles. The lowest BCUT2D eigenvalue weighted by Crippen LogP contribution is -2.34. The maximum Gasteiger partial charge on any atom is 0.212 e. The van der Waals surface area contributed by atoms with Gasteiger partial charge in [0.15, 0.2) is 0 Å². The molecule has 5 heteroatoms. The normalized spacial score (nSPS) is 25.7. The summed E-state index contributed by atoms with van der Waals surface area (Å²) in [7, 11) is -1.63. The van der Waals surface area contributed by atoms with Crippen molar-refractivity contribution in [2.75, 3.05) is 25.9 Å². The van der Waals surface area contributed by atoms with Gasteiger partial charge in [0.05, 0.1) is 5.75 Å². The second-order valence-corrected chi connectivity index (χ2v) is 6.88. The Balaban J connectivity index is 2.31. The van der Waals surface area contributed by atoms with Gasteiger partial charge in [-0.25, -0.2) is 13.1 Å². The van der Waals surface area contributed by atoms with Crippen LogP contribution in [0, 0.1) is 11.8 Å². The van der Waals surface area contributed by atoms with E-state index in [1.54, 1.807) is 0 Å². The summed E-state index contributed by atoms with van der Waals surface area (Å²) in [6.07, 6.45) is 4.72. The van der Waals surface area contributed by atoms with Gasteiger partial charge in [-0.05, 0) is 38.6 Å². The highest BCUT2D eigenvalue weighted by atomic mass is 32.2. The fourth-order valence-corrected chi connectivity index (χ4v) is 2.92. The van der Waals surface area contributed by atoms with Crippen LogP contribution < -0.4 is 10.0 Å². The predicted octanol–water partition coefficient (Wildman–Crippen LogP) is 1.12. The molecular weight excluding hydrogens is 236 g/mol. The number of allylic oxidation sites excluding steroid dienone is 1. The second-order valence-electron chi connectivity index (χ2n) is 4.84. The van der Waals surface area contributed by atoms with Crippen molar-refractivity contribution in [1.82, 2.24) is 10.0 Å². The number of hydrogen-bond acceptors (Lipinski definition) is 3. The third kappa shape index (κ3) is 4.77. The quantitative estimate of drug-likeness (QED) is 0.556. The minimum absolute atomic E-state index is 0.146. The number of rotatable bonds is 6. The molecule has 2 N–H and O–H groups in total. The van der Waals surface area contributed by atoms with E-state index in [4.69, 9.17) is 0 Å². The molecule has 0 spiro atoms. The Bertz CT molecular complexity index is 363. The standard InChI is InChI=1S/C12H24N2O2S/c1-10-5-4-6-11(2)12(10)9-14-7-8-17(15,16)13-3/h5,11-14H,4,6-9H2,1-3H3. The summed E-state index contributed by atoms with van der Waals surface area (Å²) in [5, 5.41) is 3.25. The first-order valence-electron chi connectivity index (χ1n) is 6.25. The fourth-order valence-electron chi connectivity index (χ4n) is 2.30. The van der Waals surface area contributed by atoms with Crippen molar-refractivity contribution in [2.24, 2.45) is 11.8 Å². The van der Waals surface area contributed by atoms with Gasteiger partial charge in [0, 0.05) is 13.1 Å². The average molecular weight is 260 g/mol. The van der Waals surface area contributed by atoms with Crippen LogP contribution in [0.1, 0.15) is 26.7 Å². The van der Waals surface area contributed by atoms with E-state index in [0.29, 0.717) is 18.4 Å². The monoisotopic (exact) mass is 260 g/mol. The zero-order valence-electron chi connectivity index (χ0n) is 11.0. The van der Waals surface area contributed by atoms with Crippen LogP contribution in [0.2, 0.25) is 0 Å².